The molecule has 0 aliphatic carbocycles. The number of carbonyl (C=O) groups is 2. The lowest BCUT2D eigenvalue weighted by molar-refractivity contribution is -0.161. The maximum Gasteiger partial charge on any atom is 0.472 e. The van der Waals surface area contributed by atoms with Gasteiger partial charge in [0.25, 0.3) is 0 Å². The first kappa shape index (κ1) is 84.7. The van der Waals surface area contributed by atoms with Gasteiger partial charge in [-0.05, 0) is 83.5 Å². The molecule has 0 bridgehead atoms. The van der Waals surface area contributed by atoms with Gasteiger partial charge in [-0.2, -0.15) is 0 Å². The van der Waals surface area contributed by atoms with E-state index >= 15 is 0 Å². The normalized spacial score (nSPS) is 13.2. The van der Waals surface area contributed by atoms with E-state index in [1.54, 1.807) is 0 Å². The second-order valence-corrected chi connectivity index (χ2v) is 27.0. The van der Waals surface area contributed by atoms with E-state index in [4.69, 9.17) is 24.3 Å². The number of hydrogen-bond acceptors (Lipinski definition) is 8. The Hall–Kier alpha value is -2.29. The highest BCUT2D eigenvalue weighted by Gasteiger charge is 2.26. The molecule has 0 rings (SSSR count). The molecule has 2 atom stereocenters. The van der Waals surface area contributed by atoms with E-state index in [0.29, 0.717) is 6.42 Å². The van der Waals surface area contributed by atoms with Crippen LogP contribution in [0.4, 0.5) is 0 Å². The number of phosphoric acid groups is 1. The van der Waals surface area contributed by atoms with Crippen molar-refractivity contribution in [3.8, 4) is 0 Å². The Balaban J connectivity index is 3.76. The first-order valence-electron chi connectivity index (χ1n) is 37.8. The van der Waals surface area contributed by atoms with Crippen LogP contribution < -0.4 is 5.73 Å². The van der Waals surface area contributed by atoms with Crippen LogP contribution in [0.1, 0.15) is 386 Å². The molecule has 0 aromatic rings. The molecule has 87 heavy (non-hydrogen) atoms. The summed E-state index contributed by atoms with van der Waals surface area (Å²) < 4.78 is 33.2. The molecule has 3 N–H and O–H groups in total. The minimum Gasteiger partial charge on any atom is -0.462 e. The summed E-state index contributed by atoms with van der Waals surface area (Å²) in [5, 5.41) is 0. The number of rotatable bonds is 72. The summed E-state index contributed by atoms with van der Waals surface area (Å²) in [6.45, 7) is 3.78. The molecule has 0 spiro atoms. The Morgan fingerprint density at radius 1 is 0.345 bits per heavy atom. The Morgan fingerprint density at radius 3 is 0.885 bits per heavy atom. The summed E-state index contributed by atoms with van der Waals surface area (Å²) in [6, 6.07) is 0. The number of esters is 2. The maximum atomic E-state index is 12.8. The lowest BCUT2D eigenvalue weighted by Gasteiger charge is -2.19. The average molecular weight is 1240 g/mol. The van der Waals surface area contributed by atoms with Crippen molar-refractivity contribution in [3.05, 3.63) is 60.8 Å². The SMILES string of the molecule is CCCCCCC/C=C\C/C=C\C/C=C\CCCCCCCCCCCCCCCCCCCCCCCCCCCCC(=O)OC(COC(=O)CCCCCCCCCCCCCCC/C=C\C/C=C\CCCCCCC)COP(=O)(O)OCCN. The average Bonchev–Trinajstić information content (AvgIpc) is 3.65. The van der Waals surface area contributed by atoms with Crippen LogP contribution in [-0.4, -0.2) is 49.3 Å². The first-order valence-corrected chi connectivity index (χ1v) is 39.3. The summed E-state index contributed by atoms with van der Waals surface area (Å²) >= 11 is 0. The van der Waals surface area contributed by atoms with E-state index in [0.717, 1.165) is 51.4 Å². The zero-order valence-electron chi connectivity index (χ0n) is 57.5. The highest BCUT2D eigenvalue weighted by atomic mass is 31.2. The summed E-state index contributed by atoms with van der Waals surface area (Å²) in [5.41, 5.74) is 5.41. The number of hydrogen-bond donors (Lipinski definition) is 2. The van der Waals surface area contributed by atoms with E-state index in [1.807, 2.05) is 0 Å². The quantitative estimate of drug-likeness (QED) is 0.0264. The molecule has 10 heteroatoms. The van der Waals surface area contributed by atoms with Crippen LogP contribution in [-0.2, 0) is 32.7 Å². The van der Waals surface area contributed by atoms with Gasteiger partial charge in [-0.3, -0.25) is 18.6 Å². The zero-order valence-corrected chi connectivity index (χ0v) is 58.4. The lowest BCUT2D eigenvalue weighted by Crippen LogP contribution is -2.29. The second-order valence-electron chi connectivity index (χ2n) is 25.5. The minimum atomic E-state index is -4.39. The largest absolute Gasteiger partial charge is 0.472 e. The molecule has 0 aliphatic heterocycles. The molecule has 9 nitrogen and oxygen atoms in total. The number of allylic oxidation sites excluding steroid dienone is 10. The van der Waals surface area contributed by atoms with Gasteiger partial charge < -0.3 is 20.1 Å². The number of nitrogens with two attached hydrogens (primary N) is 1. The van der Waals surface area contributed by atoms with Crippen molar-refractivity contribution in [1.29, 1.82) is 0 Å². The fourth-order valence-corrected chi connectivity index (χ4v) is 12.0. The van der Waals surface area contributed by atoms with Gasteiger partial charge in [0, 0.05) is 19.4 Å². The molecule has 2 unspecified atom stereocenters. The maximum absolute atomic E-state index is 12.8. The highest BCUT2D eigenvalue weighted by Crippen LogP contribution is 2.43. The molecule has 510 valence electrons. The lowest BCUT2D eigenvalue weighted by atomic mass is 10.0. The molecule has 0 radical (unpaired) electrons. The number of unbranched alkanes of at least 4 members (excludes halogenated alkanes) is 49. The Kier molecular flexibility index (Phi) is 70.9. The fraction of sp³-hybridized carbons (Fsp3) is 0.844. The van der Waals surface area contributed by atoms with Crippen LogP contribution >= 0.6 is 7.82 Å². The molecule has 0 aliphatic rings. The van der Waals surface area contributed by atoms with E-state index in [1.165, 1.54) is 302 Å². The molecular weight excluding hydrogens is 1100 g/mol. The predicted molar refractivity (Wildman–Crippen MR) is 376 cm³/mol. The third kappa shape index (κ3) is 72.6. The van der Waals surface area contributed by atoms with Gasteiger partial charge in [-0.15, -0.1) is 0 Å². The van der Waals surface area contributed by atoms with Crippen LogP contribution in [0, 0.1) is 0 Å². The van der Waals surface area contributed by atoms with Crippen molar-refractivity contribution in [1.82, 2.24) is 0 Å². The summed E-state index contributed by atoms with van der Waals surface area (Å²) in [5.74, 6) is -0.809. The standard InChI is InChI=1S/C77H144NO8P/c1-3-5-7-9-11-13-15-17-19-21-23-25-27-29-30-31-32-33-34-35-36-37-38-39-40-41-42-43-44-46-48-50-52-54-56-58-60-62-64-66-68-70-77(80)86-75(74-85-87(81,82)84-72-71-78)73-83-76(79)69-67-65-63-61-59-57-55-53-51-49-47-45-28-26-24-22-20-18-16-14-12-10-8-6-4-2/h15-18,21-24,27,29,75H,3-14,19-20,25-26,28,30-74,78H2,1-2H3,(H,81,82)/b17-15-,18-16-,23-21-,24-22-,29-27-. The Morgan fingerprint density at radius 2 is 0.598 bits per heavy atom. The Labute approximate surface area is 539 Å². The summed E-state index contributed by atoms with van der Waals surface area (Å²) in [7, 11) is -4.39. The molecule has 0 heterocycles. The van der Waals surface area contributed by atoms with Crippen LogP contribution in [0.15, 0.2) is 60.8 Å². The number of carbonyl (C=O) groups excluding carboxylic acids is 2. The van der Waals surface area contributed by atoms with Crippen LogP contribution in [0.25, 0.3) is 0 Å². The van der Waals surface area contributed by atoms with Gasteiger partial charge in [-0.1, -0.05) is 351 Å². The van der Waals surface area contributed by atoms with Crippen LogP contribution in [0.3, 0.4) is 0 Å². The van der Waals surface area contributed by atoms with Gasteiger partial charge in [0.15, 0.2) is 6.10 Å². The van der Waals surface area contributed by atoms with Gasteiger partial charge in [0.05, 0.1) is 13.2 Å². The van der Waals surface area contributed by atoms with E-state index in [2.05, 4.69) is 74.6 Å². The molecule has 0 amide bonds. The monoisotopic (exact) mass is 1240 g/mol. The summed E-state index contributed by atoms with van der Waals surface area (Å²) in [4.78, 5) is 35.4. The van der Waals surface area contributed by atoms with E-state index in [9.17, 15) is 19.0 Å². The number of phosphoric ester groups is 1. The van der Waals surface area contributed by atoms with Crippen molar-refractivity contribution in [2.24, 2.45) is 5.73 Å². The van der Waals surface area contributed by atoms with Crippen LogP contribution in [0.5, 0.6) is 0 Å². The molecule has 0 aromatic carbocycles. The predicted octanol–water partition coefficient (Wildman–Crippen LogP) is 25.0. The number of ether oxygens (including phenoxy) is 2. The molecule has 0 saturated heterocycles. The van der Waals surface area contributed by atoms with Gasteiger partial charge >= 0.3 is 19.8 Å². The molecule has 0 aromatic heterocycles. The highest BCUT2D eigenvalue weighted by molar-refractivity contribution is 7.47. The van der Waals surface area contributed by atoms with Crippen LogP contribution in [0.2, 0.25) is 0 Å². The smallest absolute Gasteiger partial charge is 0.462 e. The third-order valence-corrected chi connectivity index (χ3v) is 17.9. The Bertz CT molecular complexity index is 1610. The topological polar surface area (TPSA) is 134 Å². The van der Waals surface area contributed by atoms with E-state index < -0.39 is 26.5 Å². The second kappa shape index (κ2) is 72.8. The van der Waals surface area contributed by atoms with Gasteiger partial charge in [0.2, 0.25) is 0 Å². The zero-order chi connectivity index (χ0) is 63.0. The molecular formula is C77H144NO8P. The van der Waals surface area contributed by atoms with Gasteiger partial charge in [0.1, 0.15) is 6.61 Å². The fourth-order valence-electron chi connectivity index (χ4n) is 11.3. The van der Waals surface area contributed by atoms with Crippen molar-refractivity contribution >= 4 is 19.8 Å². The van der Waals surface area contributed by atoms with Crippen molar-refractivity contribution in [2.45, 2.75) is 392 Å². The van der Waals surface area contributed by atoms with Crippen molar-refractivity contribution in [2.75, 3.05) is 26.4 Å². The molecule has 0 saturated carbocycles. The van der Waals surface area contributed by atoms with E-state index in [-0.39, 0.29) is 38.6 Å². The van der Waals surface area contributed by atoms with Crippen molar-refractivity contribution in [3.63, 3.8) is 0 Å². The third-order valence-electron chi connectivity index (χ3n) is 16.9. The minimum absolute atomic E-state index is 0.0546. The van der Waals surface area contributed by atoms with Crippen molar-refractivity contribution < 1.29 is 37.6 Å². The first-order chi connectivity index (χ1) is 42.8. The molecule has 0 fully saturated rings. The van der Waals surface area contributed by atoms with Gasteiger partial charge in [-0.25, -0.2) is 4.57 Å². The summed E-state index contributed by atoms with van der Waals surface area (Å²) in [6.07, 6.45) is 94.9.